The Hall–Kier alpha value is -2.08. The Morgan fingerprint density at radius 2 is 1.77 bits per heavy atom. The summed E-state index contributed by atoms with van der Waals surface area (Å²) in [6.07, 6.45) is 0. The van der Waals surface area contributed by atoms with E-state index in [9.17, 15) is 9.90 Å². The zero-order valence-electron chi connectivity index (χ0n) is 13.7. The third-order valence-corrected chi connectivity index (χ3v) is 3.87. The third-order valence-electron chi connectivity index (χ3n) is 3.87. The highest BCUT2D eigenvalue weighted by Crippen LogP contribution is 2.30. The maximum Gasteiger partial charge on any atom is 0.321 e. The highest BCUT2D eigenvalue weighted by molar-refractivity contribution is 5.96. The number of aliphatic carboxylic acids is 1. The van der Waals surface area contributed by atoms with E-state index in [0.29, 0.717) is 5.56 Å². The maximum absolute atomic E-state index is 11.6. The molecule has 0 aliphatic rings. The Bertz CT molecular complexity index is 547. The molecule has 122 valence electrons. The van der Waals surface area contributed by atoms with Gasteiger partial charge in [0.2, 0.25) is 0 Å². The molecule has 0 aliphatic heterocycles. The number of nitrogens with zero attached hydrogens (tertiary/aromatic N) is 2. The van der Waals surface area contributed by atoms with Crippen LogP contribution in [0.15, 0.2) is 29.4 Å². The van der Waals surface area contributed by atoms with Gasteiger partial charge in [0.25, 0.3) is 0 Å². The Morgan fingerprint density at radius 3 is 2.14 bits per heavy atom. The van der Waals surface area contributed by atoms with E-state index in [1.54, 1.807) is 12.1 Å². The van der Waals surface area contributed by atoms with E-state index < -0.39 is 12.0 Å². The zero-order valence-corrected chi connectivity index (χ0v) is 13.7. The molecule has 1 aromatic rings. The number of benzene rings is 1. The van der Waals surface area contributed by atoms with Gasteiger partial charge < -0.3 is 16.0 Å². The first kappa shape index (κ1) is 18.0. The average molecular weight is 307 g/mol. The average Bonchev–Trinajstić information content (AvgIpc) is 2.43. The van der Waals surface area contributed by atoms with Crippen LogP contribution in [0.25, 0.3) is 0 Å². The van der Waals surface area contributed by atoms with Crippen molar-refractivity contribution in [3.05, 3.63) is 35.4 Å². The quantitative estimate of drug-likeness (QED) is 0.335. The molecule has 0 radical (unpaired) electrons. The monoisotopic (exact) mass is 307 g/mol. The molecule has 0 fully saturated rings. The van der Waals surface area contributed by atoms with Crippen LogP contribution in [-0.4, -0.2) is 40.1 Å². The van der Waals surface area contributed by atoms with Crippen molar-refractivity contribution < 1.29 is 15.1 Å². The Balaban J connectivity index is 3.04. The second-order valence-corrected chi connectivity index (χ2v) is 6.56. The number of carbonyl (C=O) groups is 1. The molecule has 0 saturated heterocycles. The van der Waals surface area contributed by atoms with Gasteiger partial charge in [-0.15, -0.1) is 0 Å². The lowest BCUT2D eigenvalue weighted by Gasteiger charge is -2.38. The standard InChI is InChI=1S/C16H25N3O3/c1-10(19(5)13(15(20)21)16(2,3)4)11-6-8-12(9-7-11)14(17)18-22/h6-10,13,22H,1-5H3,(H2,17,18)(H,20,21). The molecule has 0 spiro atoms. The van der Waals surface area contributed by atoms with Gasteiger partial charge in [-0.3, -0.25) is 9.69 Å². The van der Waals surface area contributed by atoms with E-state index >= 15 is 0 Å². The summed E-state index contributed by atoms with van der Waals surface area (Å²) in [6.45, 7) is 7.70. The van der Waals surface area contributed by atoms with Gasteiger partial charge in [-0.05, 0) is 24.9 Å². The predicted molar refractivity (Wildman–Crippen MR) is 86.0 cm³/mol. The van der Waals surface area contributed by atoms with Crippen LogP contribution in [0.1, 0.15) is 44.9 Å². The molecular formula is C16H25N3O3. The van der Waals surface area contributed by atoms with E-state index in [0.717, 1.165) is 5.56 Å². The van der Waals surface area contributed by atoms with Crippen molar-refractivity contribution >= 4 is 11.8 Å². The minimum Gasteiger partial charge on any atom is -0.480 e. The van der Waals surface area contributed by atoms with E-state index in [1.165, 1.54) is 0 Å². The number of hydrogen-bond donors (Lipinski definition) is 3. The molecular weight excluding hydrogens is 282 g/mol. The van der Waals surface area contributed by atoms with E-state index in [1.807, 2.05) is 51.8 Å². The second-order valence-electron chi connectivity index (χ2n) is 6.56. The van der Waals surface area contributed by atoms with Crippen molar-refractivity contribution in [3.63, 3.8) is 0 Å². The number of hydrogen-bond acceptors (Lipinski definition) is 4. The largest absolute Gasteiger partial charge is 0.480 e. The normalized spacial score (nSPS) is 15.6. The van der Waals surface area contributed by atoms with Crippen LogP contribution in [0.5, 0.6) is 0 Å². The summed E-state index contributed by atoms with van der Waals surface area (Å²) in [5, 5.41) is 21.1. The smallest absolute Gasteiger partial charge is 0.321 e. The Labute approximate surface area is 131 Å². The van der Waals surface area contributed by atoms with Gasteiger partial charge in [0, 0.05) is 11.6 Å². The highest BCUT2D eigenvalue weighted by atomic mass is 16.4. The molecule has 0 aromatic heterocycles. The molecule has 0 aliphatic carbocycles. The van der Waals surface area contributed by atoms with E-state index in [4.69, 9.17) is 10.9 Å². The molecule has 4 N–H and O–H groups in total. The lowest BCUT2D eigenvalue weighted by atomic mass is 9.84. The SMILES string of the molecule is CC(c1ccc(/C(N)=N/O)cc1)N(C)C(C(=O)O)C(C)(C)C. The van der Waals surface area contributed by atoms with Gasteiger partial charge >= 0.3 is 5.97 Å². The number of nitrogens with two attached hydrogens (primary N) is 1. The summed E-state index contributed by atoms with van der Waals surface area (Å²) < 4.78 is 0. The first-order chi connectivity index (χ1) is 10.1. The van der Waals surface area contributed by atoms with Crippen molar-refractivity contribution in [1.29, 1.82) is 0 Å². The third kappa shape index (κ3) is 3.98. The molecule has 0 bridgehead atoms. The maximum atomic E-state index is 11.6. The van der Waals surface area contributed by atoms with Crippen LogP contribution in [0, 0.1) is 5.41 Å². The van der Waals surface area contributed by atoms with Gasteiger partial charge in [0.15, 0.2) is 5.84 Å². The molecule has 0 amide bonds. The van der Waals surface area contributed by atoms with Gasteiger partial charge in [0.05, 0.1) is 0 Å². The fourth-order valence-corrected chi connectivity index (χ4v) is 2.60. The summed E-state index contributed by atoms with van der Waals surface area (Å²) in [4.78, 5) is 13.5. The number of carboxylic acids is 1. The van der Waals surface area contributed by atoms with Crippen LogP contribution in [0.3, 0.4) is 0 Å². The molecule has 6 heteroatoms. The lowest BCUT2D eigenvalue weighted by Crippen LogP contribution is -2.48. The van der Waals surface area contributed by atoms with Crippen LogP contribution in [-0.2, 0) is 4.79 Å². The molecule has 2 atom stereocenters. The molecule has 0 heterocycles. The van der Waals surface area contributed by atoms with Crippen LogP contribution in [0.2, 0.25) is 0 Å². The first-order valence-corrected chi connectivity index (χ1v) is 7.12. The van der Waals surface area contributed by atoms with Crippen LogP contribution in [0.4, 0.5) is 0 Å². The van der Waals surface area contributed by atoms with Crippen molar-refractivity contribution in [1.82, 2.24) is 4.90 Å². The second kappa shape index (κ2) is 6.79. The number of carboxylic acid groups (broad SMARTS) is 1. The van der Waals surface area contributed by atoms with Crippen LogP contribution < -0.4 is 5.73 Å². The number of rotatable bonds is 5. The summed E-state index contributed by atoms with van der Waals surface area (Å²) >= 11 is 0. The fraction of sp³-hybridized carbons (Fsp3) is 0.500. The predicted octanol–water partition coefficient (Wildman–Crippen LogP) is 2.27. The zero-order chi connectivity index (χ0) is 17.1. The van der Waals surface area contributed by atoms with E-state index in [-0.39, 0.29) is 17.3 Å². The van der Waals surface area contributed by atoms with Gasteiger partial charge in [-0.2, -0.15) is 0 Å². The summed E-state index contributed by atoms with van der Waals surface area (Å²) in [5.74, 6) is -0.791. The lowest BCUT2D eigenvalue weighted by molar-refractivity contribution is -0.148. The molecule has 1 aromatic carbocycles. The van der Waals surface area contributed by atoms with Crippen LogP contribution >= 0.6 is 0 Å². The molecule has 6 nitrogen and oxygen atoms in total. The Kier molecular flexibility index (Phi) is 5.54. The van der Waals surface area contributed by atoms with Gasteiger partial charge in [-0.25, -0.2) is 0 Å². The minimum atomic E-state index is -0.838. The summed E-state index contributed by atoms with van der Waals surface area (Å²) in [6, 6.07) is 6.53. The summed E-state index contributed by atoms with van der Waals surface area (Å²) in [7, 11) is 1.81. The molecule has 0 saturated carbocycles. The van der Waals surface area contributed by atoms with Crippen molar-refractivity contribution in [3.8, 4) is 0 Å². The van der Waals surface area contributed by atoms with Crippen molar-refractivity contribution in [2.45, 2.75) is 39.8 Å². The van der Waals surface area contributed by atoms with E-state index in [2.05, 4.69) is 5.16 Å². The van der Waals surface area contributed by atoms with Crippen molar-refractivity contribution in [2.24, 2.45) is 16.3 Å². The summed E-state index contributed by atoms with van der Waals surface area (Å²) in [5.41, 5.74) is 6.73. The molecule has 1 rings (SSSR count). The molecule has 2 unspecified atom stereocenters. The Morgan fingerprint density at radius 1 is 1.27 bits per heavy atom. The minimum absolute atomic E-state index is 0.0469. The van der Waals surface area contributed by atoms with Gasteiger partial charge in [-0.1, -0.05) is 50.2 Å². The topological polar surface area (TPSA) is 99.2 Å². The fourth-order valence-electron chi connectivity index (χ4n) is 2.60. The van der Waals surface area contributed by atoms with Gasteiger partial charge in [0.1, 0.15) is 6.04 Å². The number of oxime groups is 1. The first-order valence-electron chi connectivity index (χ1n) is 7.12. The molecule has 22 heavy (non-hydrogen) atoms. The van der Waals surface area contributed by atoms with Crippen molar-refractivity contribution in [2.75, 3.05) is 7.05 Å². The number of likely N-dealkylation sites (N-methyl/N-ethyl adjacent to an activating group) is 1. The number of amidine groups is 1. The highest BCUT2D eigenvalue weighted by Gasteiger charge is 2.36.